The molecule has 120 valence electrons. The Hall–Kier alpha value is -1.50. The van der Waals surface area contributed by atoms with E-state index in [0.717, 1.165) is 31.7 Å². The van der Waals surface area contributed by atoms with Crippen molar-refractivity contribution in [3.8, 4) is 6.07 Å². The fourth-order valence-electron chi connectivity index (χ4n) is 3.46. The van der Waals surface area contributed by atoms with Gasteiger partial charge in [-0.1, -0.05) is 32.6 Å². The standard InChI is InChI=1S/C18H22F3N/c1-2-3-4-5-12-6-8-13(9-7-12)14-10-16(19)15(11-22)18(21)17(14)20/h10,12-13H,2-9H2,1H3. The molecule has 0 bridgehead atoms. The van der Waals surface area contributed by atoms with Gasteiger partial charge in [-0.3, -0.25) is 0 Å². The van der Waals surface area contributed by atoms with Crippen LogP contribution in [0.3, 0.4) is 0 Å². The molecular formula is C18H22F3N. The molecule has 22 heavy (non-hydrogen) atoms. The van der Waals surface area contributed by atoms with Gasteiger partial charge >= 0.3 is 0 Å². The van der Waals surface area contributed by atoms with Crippen LogP contribution in [0.2, 0.25) is 0 Å². The minimum atomic E-state index is -1.34. The Morgan fingerprint density at radius 1 is 1.09 bits per heavy atom. The Morgan fingerprint density at radius 3 is 2.36 bits per heavy atom. The summed E-state index contributed by atoms with van der Waals surface area (Å²) in [6.45, 7) is 2.17. The summed E-state index contributed by atoms with van der Waals surface area (Å²) in [6.07, 6.45) is 8.34. The number of nitrogens with zero attached hydrogens (tertiary/aromatic N) is 1. The highest BCUT2D eigenvalue weighted by molar-refractivity contribution is 5.37. The molecule has 0 heterocycles. The van der Waals surface area contributed by atoms with E-state index < -0.39 is 23.0 Å². The summed E-state index contributed by atoms with van der Waals surface area (Å²) < 4.78 is 41.5. The average molecular weight is 309 g/mol. The highest BCUT2D eigenvalue weighted by Gasteiger charge is 2.27. The first-order valence-corrected chi connectivity index (χ1v) is 8.15. The normalized spacial score (nSPS) is 21.6. The summed E-state index contributed by atoms with van der Waals surface area (Å²) in [6, 6.07) is 2.39. The van der Waals surface area contributed by atoms with Crippen LogP contribution in [0.5, 0.6) is 0 Å². The van der Waals surface area contributed by atoms with Gasteiger partial charge in [-0.05, 0) is 49.1 Å². The van der Waals surface area contributed by atoms with E-state index in [9.17, 15) is 13.2 Å². The number of nitriles is 1. The molecule has 1 fully saturated rings. The van der Waals surface area contributed by atoms with Crippen molar-refractivity contribution in [2.45, 2.75) is 64.2 Å². The number of hydrogen-bond acceptors (Lipinski definition) is 1. The molecule has 0 spiro atoms. The lowest BCUT2D eigenvalue weighted by Gasteiger charge is -2.29. The molecule has 2 rings (SSSR count). The van der Waals surface area contributed by atoms with Crippen LogP contribution >= 0.6 is 0 Å². The number of unbranched alkanes of at least 4 members (excludes halogenated alkanes) is 2. The Bertz CT molecular complexity index is 554. The molecule has 0 radical (unpaired) electrons. The molecule has 1 saturated carbocycles. The maximum atomic E-state index is 14.1. The largest absolute Gasteiger partial charge is 0.205 e. The first-order valence-electron chi connectivity index (χ1n) is 8.15. The van der Waals surface area contributed by atoms with E-state index in [2.05, 4.69) is 6.92 Å². The second-order valence-electron chi connectivity index (χ2n) is 6.28. The third-order valence-electron chi connectivity index (χ3n) is 4.80. The molecule has 1 aliphatic carbocycles. The van der Waals surface area contributed by atoms with Gasteiger partial charge in [0.1, 0.15) is 17.4 Å². The van der Waals surface area contributed by atoms with Crippen molar-refractivity contribution in [1.29, 1.82) is 5.26 Å². The summed E-state index contributed by atoms with van der Waals surface area (Å²) in [5.74, 6) is -2.84. The number of benzene rings is 1. The fourth-order valence-corrected chi connectivity index (χ4v) is 3.46. The van der Waals surface area contributed by atoms with E-state index in [-0.39, 0.29) is 11.5 Å². The van der Waals surface area contributed by atoms with Gasteiger partial charge in [0.2, 0.25) is 0 Å². The highest BCUT2D eigenvalue weighted by atomic mass is 19.2. The van der Waals surface area contributed by atoms with Gasteiger partial charge in [0.25, 0.3) is 0 Å². The van der Waals surface area contributed by atoms with Crippen molar-refractivity contribution in [1.82, 2.24) is 0 Å². The number of hydrogen-bond donors (Lipinski definition) is 0. The maximum absolute atomic E-state index is 14.1. The van der Waals surface area contributed by atoms with E-state index in [1.165, 1.54) is 31.8 Å². The lowest BCUT2D eigenvalue weighted by molar-refractivity contribution is 0.297. The molecule has 0 aliphatic heterocycles. The number of halogens is 3. The predicted octanol–water partition coefficient (Wildman–Crippen LogP) is 5.83. The van der Waals surface area contributed by atoms with Gasteiger partial charge in [0, 0.05) is 0 Å². The van der Waals surface area contributed by atoms with Crippen LogP contribution in [-0.2, 0) is 0 Å². The monoisotopic (exact) mass is 309 g/mol. The molecule has 1 aliphatic rings. The zero-order valence-corrected chi connectivity index (χ0v) is 13.0. The molecule has 0 aromatic heterocycles. The van der Waals surface area contributed by atoms with Crippen LogP contribution in [0.25, 0.3) is 0 Å². The van der Waals surface area contributed by atoms with E-state index in [1.54, 1.807) is 0 Å². The van der Waals surface area contributed by atoms with Gasteiger partial charge in [-0.2, -0.15) is 5.26 Å². The van der Waals surface area contributed by atoms with E-state index in [4.69, 9.17) is 5.26 Å². The van der Waals surface area contributed by atoms with E-state index >= 15 is 0 Å². The highest BCUT2D eigenvalue weighted by Crippen LogP contribution is 2.39. The third kappa shape index (κ3) is 3.63. The molecule has 0 N–H and O–H groups in total. The van der Waals surface area contributed by atoms with Crippen molar-refractivity contribution in [2.75, 3.05) is 0 Å². The lowest BCUT2D eigenvalue weighted by atomic mass is 9.76. The molecule has 0 amide bonds. The Balaban J connectivity index is 2.04. The second kappa shape index (κ2) is 7.67. The maximum Gasteiger partial charge on any atom is 0.179 e. The van der Waals surface area contributed by atoms with Gasteiger partial charge < -0.3 is 0 Å². The third-order valence-corrected chi connectivity index (χ3v) is 4.80. The molecule has 4 heteroatoms. The predicted molar refractivity (Wildman–Crippen MR) is 79.9 cm³/mol. The first-order chi connectivity index (χ1) is 10.6. The Labute approximate surface area is 130 Å². The molecule has 0 saturated heterocycles. The minimum absolute atomic E-state index is 0.0982. The molecule has 1 nitrogen and oxygen atoms in total. The summed E-state index contributed by atoms with van der Waals surface area (Å²) in [7, 11) is 0. The van der Waals surface area contributed by atoms with Crippen molar-refractivity contribution < 1.29 is 13.2 Å². The molecule has 0 unspecified atom stereocenters. The zero-order chi connectivity index (χ0) is 16.1. The van der Waals surface area contributed by atoms with Crippen LogP contribution in [-0.4, -0.2) is 0 Å². The number of rotatable bonds is 5. The van der Waals surface area contributed by atoms with Crippen LogP contribution in [0.1, 0.15) is 75.3 Å². The van der Waals surface area contributed by atoms with Gasteiger partial charge in [-0.25, -0.2) is 13.2 Å². The van der Waals surface area contributed by atoms with Crippen LogP contribution in [0, 0.1) is 34.7 Å². The minimum Gasteiger partial charge on any atom is -0.205 e. The fraction of sp³-hybridized carbons (Fsp3) is 0.611. The van der Waals surface area contributed by atoms with Crippen LogP contribution in [0.15, 0.2) is 6.07 Å². The van der Waals surface area contributed by atoms with Gasteiger partial charge in [0.05, 0.1) is 0 Å². The average Bonchev–Trinajstić information content (AvgIpc) is 2.52. The Kier molecular flexibility index (Phi) is 5.88. The van der Waals surface area contributed by atoms with Crippen molar-refractivity contribution in [3.63, 3.8) is 0 Å². The summed E-state index contributed by atoms with van der Waals surface area (Å²) in [5, 5.41) is 8.67. The van der Waals surface area contributed by atoms with Crippen molar-refractivity contribution in [2.24, 2.45) is 5.92 Å². The van der Waals surface area contributed by atoms with Crippen molar-refractivity contribution >= 4 is 0 Å². The van der Waals surface area contributed by atoms with Crippen LogP contribution < -0.4 is 0 Å². The summed E-state index contributed by atoms with van der Waals surface area (Å²) >= 11 is 0. The second-order valence-corrected chi connectivity index (χ2v) is 6.28. The lowest BCUT2D eigenvalue weighted by Crippen LogP contribution is -2.15. The summed E-state index contributed by atoms with van der Waals surface area (Å²) in [5.41, 5.74) is -0.726. The van der Waals surface area contributed by atoms with Gasteiger partial charge in [-0.15, -0.1) is 0 Å². The summed E-state index contributed by atoms with van der Waals surface area (Å²) in [4.78, 5) is 0. The van der Waals surface area contributed by atoms with Crippen molar-refractivity contribution in [3.05, 3.63) is 34.6 Å². The van der Waals surface area contributed by atoms with E-state index in [0.29, 0.717) is 5.92 Å². The Morgan fingerprint density at radius 2 is 1.77 bits per heavy atom. The SMILES string of the molecule is CCCCCC1CCC(c2cc(F)c(C#N)c(F)c2F)CC1. The molecule has 1 aromatic carbocycles. The van der Waals surface area contributed by atoms with E-state index in [1.807, 2.05) is 0 Å². The molecular weight excluding hydrogens is 287 g/mol. The molecule has 0 atom stereocenters. The molecule has 1 aromatic rings. The quantitative estimate of drug-likeness (QED) is 0.496. The smallest absolute Gasteiger partial charge is 0.179 e. The van der Waals surface area contributed by atoms with Gasteiger partial charge in [0.15, 0.2) is 11.6 Å². The first kappa shape index (κ1) is 16.9. The zero-order valence-electron chi connectivity index (χ0n) is 13.0. The topological polar surface area (TPSA) is 23.8 Å². The van der Waals surface area contributed by atoms with Crippen LogP contribution in [0.4, 0.5) is 13.2 Å².